The van der Waals surface area contributed by atoms with Crippen LogP contribution in [0.5, 0.6) is 0 Å². The summed E-state index contributed by atoms with van der Waals surface area (Å²) in [6.45, 7) is 7.26. The van der Waals surface area contributed by atoms with Gasteiger partial charge in [-0.15, -0.1) is 0 Å². The molecule has 2 aromatic rings. The Bertz CT molecular complexity index is 2140. The fourth-order valence-electron chi connectivity index (χ4n) is 7.33. The highest BCUT2D eigenvalue weighted by Crippen LogP contribution is 2.14. The molecule has 0 saturated carbocycles. The van der Waals surface area contributed by atoms with E-state index in [2.05, 4.69) is 37.2 Å². The summed E-state index contributed by atoms with van der Waals surface area (Å²) >= 11 is 1.45. The van der Waals surface area contributed by atoms with Crippen molar-refractivity contribution in [3.8, 4) is 0 Å². The molecule has 0 aliphatic rings. The van der Waals surface area contributed by atoms with Gasteiger partial charge in [0.2, 0.25) is 41.4 Å². The van der Waals surface area contributed by atoms with Gasteiger partial charge in [-0.1, -0.05) is 94.8 Å². The molecule has 0 spiro atoms. The van der Waals surface area contributed by atoms with E-state index in [0.717, 1.165) is 0 Å². The first-order valence-corrected chi connectivity index (χ1v) is 25.8. The van der Waals surface area contributed by atoms with Crippen LogP contribution in [-0.2, 0) is 60.8 Å². The number of carboxylic acid groups (broad SMARTS) is 3. The van der Waals surface area contributed by atoms with Crippen LogP contribution in [0.15, 0.2) is 60.7 Å². The van der Waals surface area contributed by atoms with Crippen LogP contribution >= 0.6 is 11.8 Å². The number of carbonyl (C=O) groups excluding carboxylic acids is 7. The van der Waals surface area contributed by atoms with Crippen LogP contribution in [0.1, 0.15) is 96.6 Å². The highest BCUT2D eigenvalue weighted by atomic mass is 32.2. The minimum absolute atomic E-state index is 0.00434. The lowest BCUT2D eigenvalue weighted by Crippen LogP contribution is -2.61. The van der Waals surface area contributed by atoms with Crippen molar-refractivity contribution in [2.75, 3.05) is 18.6 Å². The second-order valence-corrected chi connectivity index (χ2v) is 19.1. The molecule has 0 aliphatic heterocycles. The summed E-state index contributed by atoms with van der Waals surface area (Å²) in [4.78, 5) is 133. The number of hydrogen-bond donors (Lipinski definition) is 12. The smallest absolute Gasteiger partial charge is 0.326 e. The third-order valence-electron chi connectivity index (χ3n) is 12.0. The molecular weight excluding hydrogens is 967 g/mol. The van der Waals surface area contributed by atoms with Crippen molar-refractivity contribution in [3.05, 3.63) is 71.8 Å². The van der Waals surface area contributed by atoms with E-state index >= 15 is 0 Å². The van der Waals surface area contributed by atoms with Gasteiger partial charge in [-0.3, -0.25) is 43.2 Å². The van der Waals surface area contributed by atoms with E-state index in [1.807, 2.05) is 6.26 Å². The number of unbranched alkanes of at least 4 members (excludes halogenated alkanes) is 1. The average molecular weight is 1040 g/mol. The second-order valence-electron chi connectivity index (χ2n) is 18.2. The Morgan fingerprint density at radius 3 is 1.36 bits per heavy atom. The Morgan fingerprint density at radius 1 is 0.521 bits per heavy atom. The standard InChI is InChI=1S/C50H75N9O13S/c1-6-30(4)42(59-46(67)36(24-26-73-5)55-48(69)41(52)29(2)3)49(70)56-33(19-13-14-25-51)43(64)53-34(20-22-39(60)61)44(65)57-37(27-31-15-9-7-10-16-31)47(68)54-35(21-23-40(62)63)45(66)58-38(50(71)72)28-32-17-11-8-12-18-32/h7-12,15-18,29-30,33-38,41-42H,6,13-14,19-28,51-52H2,1-5H3,(H,53,64)(H,54,68)(H,55,69)(H,56,70)(H,57,65)(H,58,66)(H,59,67)(H,60,61)(H,62,63)(H,71,72)/t30-,33-,34-,35-,36-,37-,38-,41-,42-/m0/s1. The third-order valence-corrected chi connectivity index (χ3v) is 12.7. The van der Waals surface area contributed by atoms with E-state index in [-0.39, 0.29) is 38.1 Å². The first-order chi connectivity index (χ1) is 34.6. The van der Waals surface area contributed by atoms with Gasteiger partial charge in [0.05, 0.1) is 6.04 Å². The normalized spacial score (nSPS) is 14.8. The Labute approximate surface area is 430 Å². The van der Waals surface area contributed by atoms with Gasteiger partial charge in [0.15, 0.2) is 0 Å². The summed E-state index contributed by atoms with van der Waals surface area (Å²) in [7, 11) is 0. The van der Waals surface area contributed by atoms with Gasteiger partial charge in [0.25, 0.3) is 0 Å². The highest BCUT2D eigenvalue weighted by Gasteiger charge is 2.36. The van der Waals surface area contributed by atoms with Gasteiger partial charge in [-0.05, 0) is 80.0 Å². The molecule has 0 heterocycles. The lowest BCUT2D eigenvalue weighted by atomic mass is 9.96. The average Bonchev–Trinajstić information content (AvgIpc) is 3.35. The van der Waals surface area contributed by atoms with Crippen LogP contribution in [0.25, 0.3) is 0 Å². The second kappa shape index (κ2) is 33.2. The molecule has 7 amide bonds. The molecule has 2 aromatic carbocycles. The maximum atomic E-state index is 14.3. The minimum Gasteiger partial charge on any atom is -0.481 e. The minimum atomic E-state index is -1.63. The number of rotatable bonds is 35. The molecule has 14 N–H and O–H groups in total. The van der Waals surface area contributed by atoms with Crippen molar-refractivity contribution >= 4 is 71.0 Å². The van der Waals surface area contributed by atoms with Crippen molar-refractivity contribution in [1.29, 1.82) is 0 Å². The number of amides is 7. The van der Waals surface area contributed by atoms with Crippen LogP contribution in [0.3, 0.4) is 0 Å². The van der Waals surface area contributed by atoms with E-state index in [9.17, 15) is 63.3 Å². The molecule has 0 aromatic heterocycles. The lowest BCUT2D eigenvalue weighted by molar-refractivity contribution is -0.143. The van der Waals surface area contributed by atoms with Crippen LogP contribution in [0, 0.1) is 11.8 Å². The number of nitrogens with one attached hydrogen (secondary N) is 7. The fourth-order valence-corrected chi connectivity index (χ4v) is 7.80. The van der Waals surface area contributed by atoms with Crippen molar-refractivity contribution in [3.63, 3.8) is 0 Å². The fraction of sp³-hybridized carbons (Fsp3) is 0.560. The number of hydrogen-bond acceptors (Lipinski definition) is 13. The number of thioether (sulfide) groups is 1. The Kier molecular flexibility index (Phi) is 28.4. The molecule has 0 bridgehead atoms. The SMILES string of the molecule is CC[C@H](C)[C@H](NC(=O)[C@H](CCSC)NC(=O)[C@@H](N)C(C)C)C(=O)N[C@@H](CCCCN)C(=O)N[C@@H](CCC(=O)O)C(=O)N[C@@H](Cc1ccccc1)C(=O)N[C@@H](CCC(=O)O)C(=O)N[C@@H](Cc1ccccc1)C(=O)O. The summed E-state index contributed by atoms with van der Waals surface area (Å²) in [6, 6.07) is 5.91. The maximum absolute atomic E-state index is 14.3. The lowest BCUT2D eigenvalue weighted by Gasteiger charge is -2.29. The molecule has 22 nitrogen and oxygen atoms in total. The predicted octanol–water partition coefficient (Wildman–Crippen LogP) is 0.591. The zero-order valence-electron chi connectivity index (χ0n) is 42.2. The number of benzene rings is 2. The van der Waals surface area contributed by atoms with Crippen molar-refractivity contribution in [1.82, 2.24) is 37.2 Å². The third kappa shape index (κ3) is 23.2. The summed E-state index contributed by atoms with van der Waals surface area (Å²) < 4.78 is 0. The molecule has 2 rings (SSSR count). The summed E-state index contributed by atoms with van der Waals surface area (Å²) in [5.41, 5.74) is 12.9. The van der Waals surface area contributed by atoms with E-state index in [0.29, 0.717) is 36.1 Å². The summed E-state index contributed by atoms with van der Waals surface area (Å²) in [5, 5.41) is 47.2. The molecule has 0 radical (unpaired) electrons. The van der Waals surface area contributed by atoms with Crippen LogP contribution in [0.4, 0.5) is 0 Å². The van der Waals surface area contributed by atoms with Gasteiger partial charge in [0, 0.05) is 25.7 Å². The molecule has 404 valence electrons. The molecule has 73 heavy (non-hydrogen) atoms. The molecular formula is C50H75N9O13S. The van der Waals surface area contributed by atoms with E-state index in [1.165, 1.54) is 11.8 Å². The van der Waals surface area contributed by atoms with Gasteiger partial charge >= 0.3 is 17.9 Å². The van der Waals surface area contributed by atoms with Crippen molar-refractivity contribution in [2.45, 2.75) is 147 Å². The quantitative estimate of drug-likeness (QED) is 0.0421. The van der Waals surface area contributed by atoms with Gasteiger partial charge in [0.1, 0.15) is 42.3 Å². The van der Waals surface area contributed by atoms with Crippen LogP contribution < -0.4 is 48.7 Å². The Morgan fingerprint density at radius 2 is 0.918 bits per heavy atom. The van der Waals surface area contributed by atoms with Gasteiger partial charge in [-0.2, -0.15) is 11.8 Å². The Hall–Kier alpha value is -6.59. The number of carboxylic acids is 3. The van der Waals surface area contributed by atoms with E-state index < -0.39 is 139 Å². The summed E-state index contributed by atoms with van der Waals surface area (Å²) in [6.07, 6.45) is 0.606. The predicted molar refractivity (Wildman–Crippen MR) is 273 cm³/mol. The first kappa shape index (κ1) is 62.5. The molecule has 0 saturated heterocycles. The monoisotopic (exact) mass is 1040 g/mol. The molecule has 0 aliphatic carbocycles. The number of nitrogens with two attached hydrogens (primary N) is 2. The number of carbonyl (C=O) groups is 10. The highest BCUT2D eigenvalue weighted by molar-refractivity contribution is 7.98. The maximum Gasteiger partial charge on any atom is 0.326 e. The largest absolute Gasteiger partial charge is 0.481 e. The van der Waals surface area contributed by atoms with Gasteiger partial charge < -0.3 is 64.0 Å². The molecule has 0 fully saturated rings. The van der Waals surface area contributed by atoms with Crippen molar-refractivity contribution in [2.24, 2.45) is 23.3 Å². The van der Waals surface area contributed by atoms with Crippen LogP contribution in [0.2, 0.25) is 0 Å². The number of aliphatic carboxylic acids is 3. The van der Waals surface area contributed by atoms with E-state index in [1.54, 1.807) is 88.4 Å². The first-order valence-electron chi connectivity index (χ1n) is 24.4. The molecule has 0 unspecified atom stereocenters. The molecule has 9 atom stereocenters. The topological polar surface area (TPSA) is 368 Å². The van der Waals surface area contributed by atoms with Crippen molar-refractivity contribution < 1.29 is 63.3 Å². The van der Waals surface area contributed by atoms with Gasteiger partial charge in [-0.25, -0.2) is 4.79 Å². The zero-order chi connectivity index (χ0) is 54.6. The summed E-state index contributed by atoms with van der Waals surface area (Å²) in [5.74, 6) is -10.2. The van der Waals surface area contributed by atoms with Crippen LogP contribution in [-0.4, -0.2) is 141 Å². The zero-order valence-corrected chi connectivity index (χ0v) is 43.0. The van der Waals surface area contributed by atoms with E-state index in [4.69, 9.17) is 11.5 Å². The molecule has 23 heteroatoms. The Balaban J connectivity index is 2.49.